The molecule has 0 fully saturated rings. The van der Waals surface area contributed by atoms with Crippen molar-refractivity contribution in [1.29, 1.82) is 0 Å². The van der Waals surface area contributed by atoms with Gasteiger partial charge in [-0.1, -0.05) is 23.8 Å². The first-order valence-electron chi connectivity index (χ1n) is 7.94. The summed E-state index contributed by atoms with van der Waals surface area (Å²) in [5.41, 5.74) is 1.92. The van der Waals surface area contributed by atoms with E-state index < -0.39 is 0 Å². The molecule has 1 heterocycles. The number of quaternary nitrogens is 1. The van der Waals surface area contributed by atoms with Gasteiger partial charge in [-0.2, -0.15) is 0 Å². The molecule has 0 aliphatic rings. The van der Waals surface area contributed by atoms with E-state index in [0.717, 1.165) is 21.0 Å². The second-order valence-electron chi connectivity index (χ2n) is 6.03. The smallest absolute Gasteiger partial charge is 0.279 e. The van der Waals surface area contributed by atoms with Crippen LogP contribution >= 0.6 is 11.3 Å². The highest BCUT2D eigenvalue weighted by Gasteiger charge is 2.16. The Morgan fingerprint density at radius 2 is 1.79 bits per heavy atom. The number of aryl methyl sites for hydroxylation is 1. The number of hydrogen-bond donors (Lipinski definition) is 3. The summed E-state index contributed by atoms with van der Waals surface area (Å²) in [5, 5.41) is 7.80. The first-order valence-corrected chi connectivity index (χ1v) is 8.82. The third kappa shape index (κ3) is 5.79. The van der Waals surface area contributed by atoms with Crippen LogP contribution in [-0.4, -0.2) is 32.0 Å². The fourth-order valence-corrected chi connectivity index (χ4v) is 3.09. The quantitative estimate of drug-likeness (QED) is 0.709. The minimum atomic E-state index is -0.101. The molecule has 2 aromatic rings. The molecule has 0 spiro atoms. The van der Waals surface area contributed by atoms with Gasteiger partial charge in [-0.15, -0.1) is 11.3 Å². The molecule has 0 saturated heterocycles. The van der Waals surface area contributed by atoms with Crippen molar-refractivity contribution in [3.8, 4) is 0 Å². The van der Waals surface area contributed by atoms with Gasteiger partial charge in [0, 0.05) is 10.6 Å². The monoisotopic (exact) mass is 346 g/mol. The summed E-state index contributed by atoms with van der Waals surface area (Å²) in [6.07, 6.45) is 0. The maximum absolute atomic E-state index is 12.1. The second-order valence-corrected chi connectivity index (χ2v) is 7.01. The number of likely N-dealkylation sites (N-methyl/N-ethyl adjacent to an activating group) is 1. The van der Waals surface area contributed by atoms with Crippen LogP contribution in [0.5, 0.6) is 0 Å². The normalized spacial score (nSPS) is 13.1. The number of rotatable bonds is 7. The number of benzene rings is 1. The van der Waals surface area contributed by atoms with Crippen molar-refractivity contribution in [2.75, 3.05) is 25.5 Å². The van der Waals surface area contributed by atoms with Crippen molar-refractivity contribution < 1.29 is 14.5 Å². The lowest BCUT2D eigenvalue weighted by atomic mass is 10.2. The zero-order chi connectivity index (χ0) is 17.5. The van der Waals surface area contributed by atoms with Crippen molar-refractivity contribution in [1.82, 2.24) is 5.32 Å². The standard InChI is InChI=1S/C18H23N3O2S/c1-13-6-8-15(9-7-13)20-18(23)12-21(3)11-17(22)19-14(2)16-5-4-10-24-16/h4-10,14H,11-12H2,1-3H3,(H,19,22)(H,20,23)/p+1/t14-/m1/s1. The van der Waals surface area contributed by atoms with Gasteiger partial charge in [0.2, 0.25) is 0 Å². The summed E-state index contributed by atoms with van der Waals surface area (Å²) in [5.74, 6) is -0.160. The number of thiophene rings is 1. The van der Waals surface area contributed by atoms with E-state index in [-0.39, 0.29) is 30.9 Å². The SMILES string of the molecule is Cc1ccc(NC(=O)C[NH+](C)CC(=O)N[C@H](C)c2cccs2)cc1. The summed E-state index contributed by atoms with van der Waals surface area (Å²) in [4.78, 5) is 26.1. The van der Waals surface area contributed by atoms with E-state index >= 15 is 0 Å². The molecule has 0 bridgehead atoms. The Hall–Kier alpha value is -2.18. The van der Waals surface area contributed by atoms with E-state index in [2.05, 4.69) is 10.6 Å². The van der Waals surface area contributed by atoms with Gasteiger partial charge in [-0.3, -0.25) is 9.59 Å². The first-order chi connectivity index (χ1) is 11.4. The molecule has 1 aromatic heterocycles. The zero-order valence-electron chi connectivity index (χ0n) is 14.3. The molecular formula is C18H24N3O2S+. The fraction of sp³-hybridized carbons (Fsp3) is 0.333. The predicted molar refractivity (Wildman–Crippen MR) is 97.3 cm³/mol. The number of carbonyl (C=O) groups excluding carboxylic acids is 2. The van der Waals surface area contributed by atoms with E-state index in [4.69, 9.17) is 0 Å². The maximum atomic E-state index is 12.1. The molecule has 2 rings (SSSR count). The predicted octanol–water partition coefficient (Wildman–Crippen LogP) is 1.39. The van der Waals surface area contributed by atoms with Gasteiger partial charge in [0.25, 0.3) is 11.8 Å². The summed E-state index contributed by atoms with van der Waals surface area (Å²) in [7, 11) is 1.84. The van der Waals surface area contributed by atoms with Gasteiger partial charge in [0.15, 0.2) is 13.1 Å². The van der Waals surface area contributed by atoms with Gasteiger partial charge in [0.05, 0.1) is 13.1 Å². The third-order valence-corrected chi connectivity index (χ3v) is 4.66. The fourth-order valence-electron chi connectivity index (χ4n) is 2.35. The summed E-state index contributed by atoms with van der Waals surface area (Å²) in [6.45, 7) is 4.47. The highest BCUT2D eigenvalue weighted by atomic mass is 32.1. The lowest BCUT2D eigenvalue weighted by Crippen LogP contribution is -3.11. The Morgan fingerprint density at radius 1 is 1.12 bits per heavy atom. The lowest BCUT2D eigenvalue weighted by molar-refractivity contribution is -0.862. The molecule has 24 heavy (non-hydrogen) atoms. The molecule has 0 aliphatic heterocycles. The highest BCUT2D eigenvalue weighted by molar-refractivity contribution is 7.10. The van der Waals surface area contributed by atoms with Gasteiger partial charge >= 0.3 is 0 Å². The number of nitrogens with one attached hydrogen (secondary N) is 3. The zero-order valence-corrected chi connectivity index (χ0v) is 15.1. The van der Waals surface area contributed by atoms with E-state index in [1.807, 2.05) is 62.7 Å². The molecule has 1 aromatic carbocycles. The molecule has 6 heteroatoms. The summed E-state index contributed by atoms with van der Waals surface area (Å²) in [6, 6.07) is 11.6. The van der Waals surface area contributed by atoms with Crippen LogP contribution in [0.15, 0.2) is 41.8 Å². The molecule has 2 amide bonds. The summed E-state index contributed by atoms with van der Waals surface area (Å²) < 4.78 is 0. The van der Waals surface area contributed by atoms with Crippen LogP contribution in [0.3, 0.4) is 0 Å². The Labute approximate surface area is 146 Å². The van der Waals surface area contributed by atoms with Gasteiger partial charge in [0.1, 0.15) is 0 Å². The minimum absolute atomic E-state index is 0.00770. The molecule has 5 nitrogen and oxygen atoms in total. The number of carbonyl (C=O) groups is 2. The number of hydrogen-bond acceptors (Lipinski definition) is 3. The Kier molecular flexibility index (Phi) is 6.52. The van der Waals surface area contributed by atoms with Gasteiger partial charge in [-0.25, -0.2) is 0 Å². The average molecular weight is 346 g/mol. The van der Waals surface area contributed by atoms with Crippen LogP contribution in [0.25, 0.3) is 0 Å². The van der Waals surface area contributed by atoms with Crippen LogP contribution in [0.1, 0.15) is 23.4 Å². The minimum Gasteiger partial charge on any atom is -0.344 e. The lowest BCUT2D eigenvalue weighted by Gasteiger charge is -2.16. The van der Waals surface area contributed by atoms with Crippen LogP contribution in [0.4, 0.5) is 5.69 Å². The molecule has 2 atom stereocenters. The van der Waals surface area contributed by atoms with Crippen LogP contribution < -0.4 is 15.5 Å². The van der Waals surface area contributed by atoms with Gasteiger partial charge in [-0.05, 0) is 37.4 Å². The number of anilines is 1. The van der Waals surface area contributed by atoms with Gasteiger partial charge < -0.3 is 15.5 Å². The van der Waals surface area contributed by atoms with E-state index in [1.54, 1.807) is 11.3 Å². The van der Waals surface area contributed by atoms with E-state index in [0.29, 0.717) is 0 Å². The Bertz CT molecular complexity index is 668. The van der Waals surface area contributed by atoms with E-state index in [1.165, 1.54) is 0 Å². The first kappa shape index (κ1) is 18.2. The van der Waals surface area contributed by atoms with E-state index in [9.17, 15) is 9.59 Å². The molecule has 0 aliphatic carbocycles. The Balaban J connectivity index is 1.75. The van der Waals surface area contributed by atoms with Crippen molar-refractivity contribution in [3.63, 3.8) is 0 Å². The van der Waals surface area contributed by atoms with Crippen molar-refractivity contribution in [2.24, 2.45) is 0 Å². The molecular weight excluding hydrogens is 322 g/mol. The number of amides is 2. The molecule has 3 N–H and O–H groups in total. The van der Waals surface area contributed by atoms with Crippen molar-refractivity contribution >= 4 is 28.8 Å². The molecule has 1 unspecified atom stereocenters. The molecule has 0 saturated carbocycles. The largest absolute Gasteiger partial charge is 0.344 e. The second kappa shape index (κ2) is 8.61. The van der Waals surface area contributed by atoms with Crippen LogP contribution in [-0.2, 0) is 9.59 Å². The van der Waals surface area contributed by atoms with Crippen molar-refractivity contribution in [3.05, 3.63) is 52.2 Å². The van der Waals surface area contributed by atoms with Crippen LogP contribution in [0, 0.1) is 6.92 Å². The average Bonchev–Trinajstić information content (AvgIpc) is 3.03. The topological polar surface area (TPSA) is 62.6 Å². The molecule has 0 radical (unpaired) electrons. The third-order valence-electron chi connectivity index (χ3n) is 3.61. The molecule has 128 valence electrons. The Morgan fingerprint density at radius 3 is 2.42 bits per heavy atom. The summed E-state index contributed by atoms with van der Waals surface area (Å²) >= 11 is 1.62. The maximum Gasteiger partial charge on any atom is 0.279 e. The van der Waals surface area contributed by atoms with Crippen molar-refractivity contribution in [2.45, 2.75) is 19.9 Å². The highest BCUT2D eigenvalue weighted by Crippen LogP contribution is 2.17. The van der Waals surface area contributed by atoms with Crippen LogP contribution in [0.2, 0.25) is 0 Å².